The topological polar surface area (TPSA) is 59.6 Å². The number of benzene rings is 1. The molecule has 0 unspecified atom stereocenters. The fourth-order valence-corrected chi connectivity index (χ4v) is 3.06. The Balaban J connectivity index is 2.01. The predicted molar refractivity (Wildman–Crippen MR) is 91.1 cm³/mol. The molecule has 0 aliphatic carbocycles. The summed E-state index contributed by atoms with van der Waals surface area (Å²) < 4.78 is 11.0. The van der Waals surface area contributed by atoms with E-state index in [1.807, 2.05) is 32.0 Å². The fourth-order valence-electron chi connectivity index (χ4n) is 3.06. The minimum atomic E-state index is -0.0556. The minimum Gasteiger partial charge on any atom is -0.494 e. The van der Waals surface area contributed by atoms with Crippen molar-refractivity contribution in [3.63, 3.8) is 0 Å². The summed E-state index contributed by atoms with van der Waals surface area (Å²) in [5, 5.41) is 6.44. The average Bonchev–Trinajstić information content (AvgIpc) is 2.56. The molecule has 2 N–H and O–H groups in total. The lowest BCUT2D eigenvalue weighted by Crippen LogP contribution is -2.47. The summed E-state index contributed by atoms with van der Waals surface area (Å²) in [5.74, 6) is 0.716. The van der Waals surface area contributed by atoms with Crippen molar-refractivity contribution in [3.8, 4) is 5.75 Å². The zero-order valence-corrected chi connectivity index (χ0v) is 14.4. The Morgan fingerprint density at radius 2 is 2.09 bits per heavy atom. The van der Waals surface area contributed by atoms with E-state index in [1.54, 1.807) is 7.11 Å². The van der Waals surface area contributed by atoms with Crippen LogP contribution in [0.4, 0.5) is 0 Å². The number of carbonyl (C=O) groups is 1. The van der Waals surface area contributed by atoms with Crippen LogP contribution in [-0.2, 0) is 4.74 Å². The molecule has 5 heteroatoms. The van der Waals surface area contributed by atoms with Crippen LogP contribution in [0.5, 0.6) is 5.75 Å². The number of amides is 1. The molecule has 128 valence electrons. The Morgan fingerprint density at radius 1 is 1.35 bits per heavy atom. The van der Waals surface area contributed by atoms with Gasteiger partial charge in [-0.05, 0) is 57.5 Å². The van der Waals surface area contributed by atoms with Crippen molar-refractivity contribution in [2.45, 2.75) is 26.7 Å². The molecule has 0 radical (unpaired) electrons. The van der Waals surface area contributed by atoms with Gasteiger partial charge in [-0.2, -0.15) is 0 Å². The molecule has 1 fully saturated rings. The van der Waals surface area contributed by atoms with Crippen molar-refractivity contribution >= 4 is 5.91 Å². The van der Waals surface area contributed by atoms with Gasteiger partial charge >= 0.3 is 0 Å². The lowest BCUT2D eigenvalue weighted by atomic mass is 9.79. The largest absolute Gasteiger partial charge is 0.494 e. The first-order chi connectivity index (χ1) is 11.1. The van der Waals surface area contributed by atoms with Gasteiger partial charge in [-0.25, -0.2) is 0 Å². The van der Waals surface area contributed by atoms with Crippen molar-refractivity contribution in [2.75, 3.05) is 40.0 Å². The molecule has 0 bridgehead atoms. The summed E-state index contributed by atoms with van der Waals surface area (Å²) in [6.45, 7) is 7.77. The third-order valence-corrected chi connectivity index (χ3v) is 4.49. The number of piperidine rings is 1. The first kappa shape index (κ1) is 17.8. The predicted octanol–water partition coefficient (Wildman–Crippen LogP) is 2.14. The van der Waals surface area contributed by atoms with E-state index in [2.05, 4.69) is 10.6 Å². The zero-order chi connectivity index (χ0) is 16.7. The third kappa shape index (κ3) is 4.69. The van der Waals surface area contributed by atoms with Crippen LogP contribution in [0.25, 0.3) is 0 Å². The molecule has 23 heavy (non-hydrogen) atoms. The number of ether oxygens (including phenoxy) is 2. The molecule has 1 aromatic rings. The number of rotatable bonds is 7. The zero-order valence-electron chi connectivity index (χ0n) is 14.4. The molecule has 0 saturated carbocycles. The molecule has 2 rings (SSSR count). The molecule has 0 aromatic heterocycles. The Labute approximate surface area is 138 Å². The maximum Gasteiger partial charge on any atom is 0.251 e. The number of aryl methyl sites for hydroxylation is 1. The van der Waals surface area contributed by atoms with Gasteiger partial charge < -0.3 is 20.1 Å². The standard InChI is InChI=1S/C18H28N2O3/c1-4-23-16-11-15(6-5-14(16)2)17(21)20-12-18(13-22-3)7-9-19-10-8-18/h5-6,11,19H,4,7-10,12-13H2,1-3H3,(H,20,21). The first-order valence-corrected chi connectivity index (χ1v) is 8.31. The molecule has 1 aliphatic rings. The number of nitrogens with one attached hydrogen (secondary N) is 2. The minimum absolute atomic E-state index is 0.0309. The Kier molecular flexibility index (Phi) is 6.42. The quantitative estimate of drug-likeness (QED) is 0.808. The van der Waals surface area contributed by atoms with E-state index in [4.69, 9.17) is 9.47 Å². The highest BCUT2D eigenvalue weighted by molar-refractivity contribution is 5.94. The van der Waals surface area contributed by atoms with Gasteiger partial charge in [0.1, 0.15) is 5.75 Å². The van der Waals surface area contributed by atoms with Crippen molar-refractivity contribution in [1.82, 2.24) is 10.6 Å². The molecule has 5 nitrogen and oxygen atoms in total. The highest BCUT2D eigenvalue weighted by Gasteiger charge is 2.32. The summed E-state index contributed by atoms with van der Waals surface area (Å²) in [6, 6.07) is 5.59. The number of hydrogen-bond acceptors (Lipinski definition) is 4. The maximum atomic E-state index is 12.5. The van der Waals surface area contributed by atoms with E-state index < -0.39 is 0 Å². The van der Waals surface area contributed by atoms with Gasteiger partial charge in [0, 0.05) is 24.6 Å². The molecule has 1 saturated heterocycles. The van der Waals surface area contributed by atoms with Crippen LogP contribution in [0.1, 0.15) is 35.7 Å². The highest BCUT2D eigenvalue weighted by atomic mass is 16.5. The molecule has 0 spiro atoms. The van der Waals surface area contributed by atoms with Crippen LogP contribution in [0.3, 0.4) is 0 Å². The molecular weight excluding hydrogens is 292 g/mol. The van der Waals surface area contributed by atoms with Crippen LogP contribution in [-0.4, -0.2) is 45.9 Å². The van der Waals surface area contributed by atoms with Crippen molar-refractivity contribution in [2.24, 2.45) is 5.41 Å². The van der Waals surface area contributed by atoms with Gasteiger partial charge in [-0.15, -0.1) is 0 Å². The van der Waals surface area contributed by atoms with E-state index in [0.717, 1.165) is 37.2 Å². The first-order valence-electron chi connectivity index (χ1n) is 8.31. The van der Waals surface area contributed by atoms with Gasteiger partial charge in [0.25, 0.3) is 5.91 Å². The number of hydrogen-bond donors (Lipinski definition) is 2. The van der Waals surface area contributed by atoms with E-state index >= 15 is 0 Å². The summed E-state index contributed by atoms with van der Waals surface area (Å²) >= 11 is 0. The van der Waals surface area contributed by atoms with Crippen LogP contribution in [0, 0.1) is 12.3 Å². The summed E-state index contributed by atoms with van der Waals surface area (Å²) in [4.78, 5) is 12.5. The lowest BCUT2D eigenvalue weighted by molar-refractivity contribution is 0.0511. The lowest BCUT2D eigenvalue weighted by Gasteiger charge is -2.37. The molecule has 1 aliphatic heterocycles. The van der Waals surface area contributed by atoms with Gasteiger partial charge in [0.05, 0.1) is 13.2 Å². The van der Waals surface area contributed by atoms with E-state index in [9.17, 15) is 4.79 Å². The van der Waals surface area contributed by atoms with E-state index in [-0.39, 0.29) is 11.3 Å². The fraction of sp³-hybridized carbons (Fsp3) is 0.611. The van der Waals surface area contributed by atoms with Gasteiger partial charge in [-0.1, -0.05) is 6.07 Å². The van der Waals surface area contributed by atoms with Crippen LogP contribution >= 0.6 is 0 Å². The second kappa shape index (κ2) is 8.31. The Hall–Kier alpha value is -1.59. The van der Waals surface area contributed by atoms with Crippen molar-refractivity contribution in [1.29, 1.82) is 0 Å². The van der Waals surface area contributed by atoms with Crippen LogP contribution in [0.2, 0.25) is 0 Å². The second-order valence-electron chi connectivity index (χ2n) is 6.28. The summed E-state index contributed by atoms with van der Waals surface area (Å²) in [7, 11) is 1.72. The highest BCUT2D eigenvalue weighted by Crippen LogP contribution is 2.28. The molecule has 0 atom stereocenters. The summed E-state index contributed by atoms with van der Waals surface area (Å²) in [6.07, 6.45) is 2.03. The molecular formula is C18H28N2O3. The van der Waals surface area contributed by atoms with Crippen LogP contribution < -0.4 is 15.4 Å². The molecule has 1 heterocycles. The van der Waals surface area contributed by atoms with Gasteiger partial charge in [0.2, 0.25) is 0 Å². The maximum absolute atomic E-state index is 12.5. The molecule has 1 aromatic carbocycles. The Bertz CT molecular complexity index is 519. The monoisotopic (exact) mass is 320 g/mol. The summed E-state index contributed by atoms with van der Waals surface area (Å²) in [5.41, 5.74) is 1.71. The van der Waals surface area contributed by atoms with Crippen molar-refractivity contribution in [3.05, 3.63) is 29.3 Å². The normalized spacial score (nSPS) is 16.8. The van der Waals surface area contributed by atoms with E-state index in [0.29, 0.717) is 25.3 Å². The van der Waals surface area contributed by atoms with Crippen molar-refractivity contribution < 1.29 is 14.3 Å². The van der Waals surface area contributed by atoms with Gasteiger partial charge in [-0.3, -0.25) is 4.79 Å². The molecule has 1 amide bonds. The van der Waals surface area contributed by atoms with E-state index in [1.165, 1.54) is 0 Å². The smallest absolute Gasteiger partial charge is 0.251 e. The second-order valence-corrected chi connectivity index (χ2v) is 6.28. The SMILES string of the molecule is CCOc1cc(C(=O)NCC2(COC)CCNCC2)ccc1C. The third-order valence-electron chi connectivity index (χ3n) is 4.49. The average molecular weight is 320 g/mol. The Morgan fingerprint density at radius 3 is 2.74 bits per heavy atom. The van der Waals surface area contributed by atoms with Gasteiger partial charge in [0.15, 0.2) is 0 Å². The number of methoxy groups -OCH3 is 1. The van der Waals surface area contributed by atoms with Crippen LogP contribution in [0.15, 0.2) is 18.2 Å². The number of carbonyl (C=O) groups excluding carboxylic acids is 1.